The zero-order valence-corrected chi connectivity index (χ0v) is 26.4. The van der Waals surface area contributed by atoms with Crippen LogP contribution in [0.1, 0.15) is 52.4 Å². The summed E-state index contributed by atoms with van der Waals surface area (Å²) in [6, 6.07) is 0. The number of carbonyl (C=O) groups is 2. The van der Waals surface area contributed by atoms with Gasteiger partial charge < -0.3 is 18.3 Å². The van der Waals surface area contributed by atoms with E-state index in [4.69, 9.17) is 18.3 Å². The van der Waals surface area contributed by atoms with Crippen LogP contribution in [0, 0.1) is 45.8 Å². The average molecular weight is 539 g/mol. The highest BCUT2D eigenvalue weighted by atomic mass is 28.4. The molecular formula is C28H50O6Si2. The van der Waals surface area contributed by atoms with Gasteiger partial charge in [-0.15, -0.1) is 0 Å². The molecule has 2 bridgehead atoms. The summed E-state index contributed by atoms with van der Waals surface area (Å²) in [7, 11) is -0.594. The molecule has 6 nitrogen and oxygen atoms in total. The molecular weight excluding hydrogens is 488 g/mol. The van der Waals surface area contributed by atoms with E-state index in [0.29, 0.717) is 17.8 Å². The molecule has 4 saturated carbocycles. The summed E-state index contributed by atoms with van der Waals surface area (Å²) in [4.78, 5) is 27.6. The van der Waals surface area contributed by atoms with Gasteiger partial charge in [0.2, 0.25) is 0 Å². The van der Waals surface area contributed by atoms with Gasteiger partial charge in [-0.25, -0.2) is 0 Å². The topological polar surface area (TPSA) is 71.1 Å². The minimum Gasteiger partial charge on any atom is -0.469 e. The second kappa shape index (κ2) is 9.20. The quantitative estimate of drug-likeness (QED) is 0.298. The maximum atomic E-state index is 13.8. The Kier molecular flexibility index (Phi) is 7.23. The maximum absolute atomic E-state index is 13.8. The lowest BCUT2D eigenvalue weighted by atomic mass is 9.52. The van der Waals surface area contributed by atoms with Crippen molar-refractivity contribution in [1.82, 2.24) is 0 Å². The number of carbonyl (C=O) groups excluding carboxylic acids is 2. The SMILES string of the molecule is COC(=O)[C@H]1C2C(C)(C(=O)OC)[C@@H](O[Si](C)(C)C)CC[C@@]2(C)C2CC[C@@H]3C[C@@]21C[C@H]3CO[Si](C)(C)C. The van der Waals surface area contributed by atoms with Crippen molar-refractivity contribution < 1.29 is 27.9 Å². The third-order valence-electron chi connectivity index (χ3n) is 10.5. The molecule has 4 fully saturated rings. The van der Waals surface area contributed by atoms with Crippen molar-refractivity contribution in [3.63, 3.8) is 0 Å². The van der Waals surface area contributed by atoms with Crippen molar-refractivity contribution in [1.29, 1.82) is 0 Å². The molecule has 4 rings (SSSR count). The van der Waals surface area contributed by atoms with E-state index in [2.05, 4.69) is 46.2 Å². The molecule has 1 spiro atoms. The molecule has 0 amide bonds. The minimum absolute atomic E-state index is 0.138. The Bertz CT molecular complexity index is 880. The summed E-state index contributed by atoms with van der Waals surface area (Å²) in [6.45, 7) is 18.5. The molecule has 0 saturated heterocycles. The molecule has 3 unspecified atom stereocenters. The first-order chi connectivity index (χ1) is 16.5. The van der Waals surface area contributed by atoms with Crippen LogP contribution in [-0.2, 0) is 27.9 Å². The second-order valence-electron chi connectivity index (χ2n) is 14.7. The highest BCUT2D eigenvalue weighted by molar-refractivity contribution is 6.70. The van der Waals surface area contributed by atoms with Gasteiger partial charge in [-0.3, -0.25) is 9.59 Å². The summed E-state index contributed by atoms with van der Waals surface area (Å²) in [6.07, 6.45) is 5.89. The lowest BCUT2D eigenvalue weighted by Crippen LogP contribution is -2.60. The Morgan fingerprint density at radius 3 is 2.11 bits per heavy atom. The Morgan fingerprint density at radius 1 is 0.889 bits per heavy atom. The molecule has 36 heavy (non-hydrogen) atoms. The molecule has 0 aliphatic heterocycles. The number of hydrogen-bond acceptors (Lipinski definition) is 6. The van der Waals surface area contributed by atoms with Gasteiger partial charge in [0.1, 0.15) is 0 Å². The van der Waals surface area contributed by atoms with Gasteiger partial charge in [0, 0.05) is 6.61 Å². The lowest BCUT2D eigenvalue weighted by Gasteiger charge is -2.55. The van der Waals surface area contributed by atoms with E-state index < -0.39 is 22.0 Å². The number of rotatable bonds is 7. The Morgan fingerprint density at radius 2 is 1.56 bits per heavy atom. The van der Waals surface area contributed by atoms with Crippen molar-refractivity contribution in [3.8, 4) is 0 Å². The molecule has 8 heteroatoms. The third kappa shape index (κ3) is 4.35. The van der Waals surface area contributed by atoms with Gasteiger partial charge in [0.05, 0.1) is 31.7 Å². The fraction of sp³-hybridized carbons (Fsp3) is 0.929. The smallest absolute Gasteiger partial charge is 0.314 e. The van der Waals surface area contributed by atoms with Crippen LogP contribution in [0.4, 0.5) is 0 Å². The summed E-state index contributed by atoms with van der Waals surface area (Å²) in [5.74, 6) is 0.561. The van der Waals surface area contributed by atoms with Crippen LogP contribution in [0.25, 0.3) is 0 Å². The van der Waals surface area contributed by atoms with E-state index in [1.165, 1.54) is 20.6 Å². The first-order valence-corrected chi connectivity index (χ1v) is 20.8. The van der Waals surface area contributed by atoms with E-state index in [1.807, 2.05) is 6.92 Å². The largest absolute Gasteiger partial charge is 0.469 e. The monoisotopic (exact) mass is 538 g/mol. The van der Waals surface area contributed by atoms with Crippen LogP contribution in [0.2, 0.25) is 39.3 Å². The predicted molar refractivity (Wildman–Crippen MR) is 145 cm³/mol. The fourth-order valence-corrected chi connectivity index (χ4v) is 11.4. The molecule has 4 aliphatic carbocycles. The predicted octanol–water partition coefficient (Wildman–Crippen LogP) is 5.88. The van der Waals surface area contributed by atoms with Crippen LogP contribution >= 0.6 is 0 Å². The first-order valence-electron chi connectivity index (χ1n) is 14.0. The highest BCUT2D eigenvalue weighted by Gasteiger charge is 2.77. The van der Waals surface area contributed by atoms with E-state index in [9.17, 15) is 9.59 Å². The van der Waals surface area contributed by atoms with E-state index in [1.54, 1.807) is 0 Å². The molecule has 0 aromatic carbocycles. The summed E-state index contributed by atoms with van der Waals surface area (Å²) in [5.41, 5.74) is -1.18. The number of ether oxygens (including phenoxy) is 2. The van der Waals surface area contributed by atoms with Gasteiger partial charge in [-0.2, -0.15) is 0 Å². The Hall–Kier alpha value is -0.706. The zero-order valence-electron chi connectivity index (χ0n) is 24.4. The molecule has 0 aromatic heterocycles. The standard InChI is InChI=1S/C28H50O6Si2/c1-26-14-13-21(34-36(8,9)10)27(2,25(30)32-4)23(26)22(24(29)31-3)28-15-18(11-12-20(26)28)19(16-28)17-33-35(5,6)7/h18-23H,11-17H2,1-10H3/t18-,19+,20?,21+,22-,23?,26+,27?,28-/m1/s1. The van der Waals surface area contributed by atoms with E-state index >= 15 is 0 Å². The zero-order chi connectivity index (χ0) is 26.9. The van der Waals surface area contributed by atoms with Crippen LogP contribution in [0.3, 0.4) is 0 Å². The average Bonchev–Trinajstić information content (AvgIpc) is 3.19. The van der Waals surface area contributed by atoms with Crippen LogP contribution in [0.5, 0.6) is 0 Å². The van der Waals surface area contributed by atoms with E-state index in [0.717, 1.165) is 38.7 Å². The van der Waals surface area contributed by atoms with Crippen LogP contribution < -0.4 is 0 Å². The number of esters is 2. The first kappa shape index (κ1) is 28.3. The minimum atomic E-state index is -1.95. The van der Waals surface area contributed by atoms with Crippen molar-refractivity contribution in [2.24, 2.45) is 45.8 Å². The van der Waals surface area contributed by atoms with Crippen LogP contribution in [0.15, 0.2) is 0 Å². The number of fused-ring (bicyclic) bond motifs is 3. The van der Waals surface area contributed by atoms with Crippen molar-refractivity contribution in [2.75, 3.05) is 20.8 Å². The number of hydrogen-bond donors (Lipinski definition) is 0. The van der Waals surface area contributed by atoms with Crippen molar-refractivity contribution in [3.05, 3.63) is 0 Å². The fourth-order valence-electron chi connectivity index (χ4n) is 9.51. The van der Waals surface area contributed by atoms with Crippen LogP contribution in [-0.4, -0.2) is 55.5 Å². The number of methoxy groups -OCH3 is 2. The molecule has 0 radical (unpaired) electrons. The van der Waals surface area contributed by atoms with Gasteiger partial charge in [0.25, 0.3) is 0 Å². The molecule has 0 aromatic rings. The van der Waals surface area contributed by atoms with Crippen molar-refractivity contribution >= 4 is 28.6 Å². The second-order valence-corrected chi connectivity index (χ2v) is 23.7. The van der Waals surface area contributed by atoms with Gasteiger partial charge >= 0.3 is 11.9 Å². The van der Waals surface area contributed by atoms with Crippen molar-refractivity contribution in [2.45, 2.75) is 97.8 Å². The molecule has 206 valence electrons. The molecule has 9 atom stereocenters. The van der Waals surface area contributed by atoms with Gasteiger partial charge in [0.15, 0.2) is 16.6 Å². The summed E-state index contributed by atoms with van der Waals surface area (Å²) >= 11 is 0. The molecule has 0 N–H and O–H groups in total. The highest BCUT2D eigenvalue weighted by Crippen LogP contribution is 2.78. The van der Waals surface area contributed by atoms with E-state index in [-0.39, 0.29) is 40.7 Å². The third-order valence-corrected chi connectivity index (χ3v) is 12.5. The van der Waals surface area contributed by atoms with Gasteiger partial charge in [-0.05, 0) is 119 Å². The molecule has 4 aliphatic rings. The summed E-state index contributed by atoms with van der Waals surface area (Å²) < 4.78 is 24.2. The lowest BCUT2D eigenvalue weighted by molar-refractivity contribution is -0.183. The Labute approximate surface area is 220 Å². The summed E-state index contributed by atoms with van der Waals surface area (Å²) in [5, 5.41) is 0. The molecule has 0 heterocycles. The maximum Gasteiger partial charge on any atom is 0.314 e. The van der Waals surface area contributed by atoms with Gasteiger partial charge in [-0.1, -0.05) is 6.92 Å². The Balaban J connectivity index is 1.82. The normalized spacial score (nSPS) is 44.1.